The van der Waals surface area contributed by atoms with E-state index < -0.39 is 16.9 Å². The molecule has 4 aromatic rings. The lowest BCUT2D eigenvalue weighted by atomic mass is 10.0. The molecule has 5 rings (SSSR count). The summed E-state index contributed by atoms with van der Waals surface area (Å²) in [6.07, 6.45) is 1.73. The maximum atomic E-state index is 13.9. The molecule has 0 bridgehead atoms. The Bertz CT molecular complexity index is 1900. The number of methoxy groups -OCH3 is 1. The average Bonchev–Trinajstić information content (AvgIpc) is 3.53. The summed E-state index contributed by atoms with van der Waals surface area (Å²) < 4.78 is 20.1. The summed E-state index contributed by atoms with van der Waals surface area (Å²) >= 11 is 8.15. The number of rotatable bonds is 7. The summed E-state index contributed by atoms with van der Waals surface area (Å²) in [5.74, 6) is 0.628. The van der Waals surface area contributed by atoms with Crippen molar-refractivity contribution in [1.29, 1.82) is 0 Å². The Morgan fingerprint density at radius 1 is 1.22 bits per heavy atom. The predicted octanol–water partition coefficient (Wildman–Crippen LogP) is 5.50. The summed E-state index contributed by atoms with van der Waals surface area (Å²) in [6, 6.07) is 12.0. The zero-order chi connectivity index (χ0) is 29.4. The summed E-state index contributed by atoms with van der Waals surface area (Å²) in [4.78, 5) is 42.8. The molecule has 0 spiro atoms. The molecule has 0 radical (unpaired) electrons. The van der Waals surface area contributed by atoms with Crippen molar-refractivity contribution in [2.75, 3.05) is 13.7 Å². The number of hydrogen-bond acceptors (Lipinski definition) is 9. The fourth-order valence-corrected chi connectivity index (χ4v) is 7.09. The van der Waals surface area contributed by atoms with E-state index in [1.807, 2.05) is 12.1 Å². The summed E-state index contributed by atoms with van der Waals surface area (Å²) in [6.45, 7) is 3.50. The molecule has 0 N–H and O–H groups in total. The highest BCUT2D eigenvalue weighted by atomic mass is 79.9. The molecule has 1 aliphatic rings. The number of aromatic nitrogens is 1. The van der Waals surface area contributed by atoms with E-state index in [0.717, 1.165) is 5.56 Å². The first-order valence-electron chi connectivity index (χ1n) is 12.2. The molecule has 0 aliphatic carbocycles. The Morgan fingerprint density at radius 2 is 1.95 bits per heavy atom. The van der Waals surface area contributed by atoms with Crippen LogP contribution in [0.3, 0.4) is 0 Å². The van der Waals surface area contributed by atoms with Crippen LogP contribution in [-0.2, 0) is 9.53 Å². The van der Waals surface area contributed by atoms with Gasteiger partial charge in [0.25, 0.3) is 11.2 Å². The van der Waals surface area contributed by atoms with Crippen LogP contribution < -0.4 is 19.6 Å². The number of nitrogens with zero attached hydrogens (tertiary/aromatic N) is 3. The predicted molar refractivity (Wildman–Crippen MR) is 160 cm³/mol. The second-order valence-electron chi connectivity index (χ2n) is 8.83. The molecule has 2 aromatic carbocycles. The van der Waals surface area contributed by atoms with Gasteiger partial charge in [-0.2, -0.15) is 0 Å². The molecule has 0 saturated heterocycles. The van der Waals surface area contributed by atoms with Gasteiger partial charge in [0.2, 0.25) is 0 Å². The van der Waals surface area contributed by atoms with Crippen LogP contribution >= 0.6 is 43.2 Å². The van der Waals surface area contributed by atoms with Crippen molar-refractivity contribution in [2.45, 2.75) is 19.9 Å². The van der Waals surface area contributed by atoms with Crippen molar-refractivity contribution in [3.8, 4) is 17.1 Å². The highest BCUT2D eigenvalue weighted by molar-refractivity contribution is 9.11. The van der Waals surface area contributed by atoms with Crippen molar-refractivity contribution in [3.63, 3.8) is 0 Å². The lowest BCUT2D eigenvalue weighted by Crippen LogP contribution is -2.39. The second-order valence-corrected chi connectivity index (χ2v) is 11.5. The Kier molecular flexibility index (Phi) is 8.11. The first kappa shape index (κ1) is 28.7. The van der Waals surface area contributed by atoms with Crippen LogP contribution in [0, 0.1) is 10.1 Å². The molecule has 1 aliphatic heterocycles. The third kappa shape index (κ3) is 5.44. The van der Waals surface area contributed by atoms with E-state index in [1.165, 1.54) is 28.0 Å². The van der Waals surface area contributed by atoms with Gasteiger partial charge in [-0.25, -0.2) is 9.79 Å². The van der Waals surface area contributed by atoms with Gasteiger partial charge < -0.3 is 13.9 Å². The molecule has 0 unspecified atom stereocenters. The minimum atomic E-state index is -0.964. The number of furan rings is 1. The number of hydrogen-bond donors (Lipinski definition) is 0. The lowest BCUT2D eigenvalue weighted by molar-refractivity contribution is -0.384. The van der Waals surface area contributed by atoms with Gasteiger partial charge in [-0.15, -0.1) is 0 Å². The normalized spacial score (nSPS) is 15.0. The average molecular weight is 703 g/mol. The van der Waals surface area contributed by atoms with E-state index >= 15 is 0 Å². The lowest BCUT2D eigenvalue weighted by Gasteiger charge is -2.22. The fourth-order valence-electron chi connectivity index (χ4n) is 4.50. The standard InChI is InChI=1S/C28H21Br2N3O7S/c1-4-39-27(35)23-14(2)31-28-32(26(34)22(41-28)12-15-10-18(29)25(38-3)19(30)11-15)24(23)21-9-8-20(40-21)16-6-5-7-17(13-16)33(36)37/h5-13,24H,4H2,1-3H3/b22-12-/t24-/m1/s1. The van der Waals surface area contributed by atoms with Crippen molar-refractivity contribution in [2.24, 2.45) is 4.99 Å². The van der Waals surface area contributed by atoms with Gasteiger partial charge >= 0.3 is 5.97 Å². The zero-order valence-electron chi connectivity index (χ0n) is 21.8. The molecule has 0 saturated carbocycles. The van der Waals surface area contributed by atoms with Gasteiger partial charge in [0.15, 0.2) is 4.80 Å². The van der Waals surface area contributed by atoms with Crippen LogP contribution in [0.4, 0.5) is 5.69 Å². The number of halogens is 2. The van der Waals surface area contributed by atoms with Gasteiger partial charge in [-0.05, 0) is 81.6 Å². The Hall–Kier alpha value is -3.81. The van der Waals surface area contributed by atoms with E-state index in [9.17, 15) is 19.7 Å². The molecule has 2 aromatic heterocycles. The van der Waals surface area contributed by atoms with Crippen LogP contribution in [0.25, 0.3) is 17.4 Å². The summed E-state index contributed by atoms with van der Waals surface area (Å²) in [5.41, 5.74) is 1.31. The number of ether oxygens (including phenoxy) is 2. The zero-order valence-corrected chi connectivity index (χ0v) is 25.8. The van der Waals surface area contributed by atoms with Crippen LogP contribution in [-0.4, -0.2) is 29.2 Å². The van der Waals surface area contributed by atoms with E-state index in [1.54, 1.807) is 51.3 Å². The smallest absolute Gasteiger partial charge is 0.338 e. The molecular weight excluding hydrogens is 682 g/mol. The summed E-state index contributed by atoms with van der Waals surface area (Å²) in [5, 5.41) is 11.3. The number of thiazole rings is 1. The van der Waals surface area contributed by atoms with Crippen molar-refractivity contribution >= 4 is 60.9 Å². The van der Waals surface area contributed by atoms with Gasteiger partial charge in [0.1, 0.15) is 23.3 Å². The van der Waals surface area contributed by atoms with Crippen LogP contribution in [0.2, 0.25) is 0 Å². The molecule has 1 atom stereocenters. The SMILES string of the molecule is CCOC(=O)C1=C(C)N=c2s/c(=C\c3cc(Br)c(OC)c(Br)c3)c(=O)n2[C@@H]1c1ccc(-c2cccc([N+](=O)[O-])c2)o1. The van der Waals surface area contributed by atoms with Gasteiger partial charge in [0, 0.05) is 17.7 Å². The molecule has 13 heteroatoms. The van der Waals surface area contributed by atoms with E-state index in [-0.39, 0.29) is 29.2 Å². The van der Waals surface area contributed by atoms with E-state index in [0.29, 0.717) is 41.0 Å². The molecular formula is C28H21Br2N3O7S. The Balaban J connectivity index is 1.68. The number of carbonyl (C=O) groups is 1. The largest absolute Gasteiger partial charge is 0.494 e. The minimum Gasteiger partial charge on any atom is -0.494 e. The second kappa shape index (κ2) is 11.6. The van der Waals surface area contributed by atoms with Crippen molar-refractivity contribution < 1.29 is 23.6 Å². The molecule has 10 nitrogen and oxygen atoms in total. The monoisotopic (exact) mass is 701 g/mol. The molecule has 41 heavy (non-hydrogen) atoms. The number of allylic oxidation sites excluding steroid dienone is 1. The number of nitro benzene ring substituents is 1. The number of nitro groups is 1. The highest BCUT2D eigenvalue weighted by Crippen LogP contribution is 2.36. The van der Waals surface area contributed by atoms with Gasteiger partial charge in [0.05, 0.1) is 43.4 Å². The van der Waals surface area contributed by atoms with Crippen molar-refractivity contribution in [3.05, 3.63) is 110 Å². The molecule has 210 valence electrons. The van der Waals surface area contributed by atoms with E-state index in [4.69, 9.17) is 13.9 Å². The number of non-ortho nitro benzene ring substituents is 1. The topological polar surface area (TPSA) is 126 Å². The Morgan fingerprint density at radius 3 is 2.61 bits per heavy atom. The fraction of sp³-hybridized carbons (Fsp3) is 0.179. The van der Waals surface area contributed by atoms with Gasteiger partial charge in [-0.1, -0.05) is 23.5 Å². The molecule has 3 heterocycles. The maximum Gasteiger partial charge on any atom is 0.338 e. The minimum absolute atomic E-state index is 0.0896. The summed E-state index contributed by atoms with van der Waals surface area (Å²) in [7, 11) is 1.56. The quantitative estimate of drug-likeness (QED) is 0.141. The number of fused-ring (bicyclic) bond motifs is 1. The van der Waals surface area contributed by atoms with E-state index in [2.05, 4.69) is 36.9 Å². The van der Waals surface area contributed by atoms with Gasteiger partial charge in [-0.3, -0.25) is 19.5 Å². The molecule has 0 fully saturated rings. The first-order chi connectivity index (χ1) is 19.6. The number of benzene rings is 2. The first-order valence-corrected chi connectivity index (χ1v) is 14.6. The Labute approximate surface area is 253 Å². The van der Waals surface area contributed by atoms with Crippen molar-refractivity contribution in [1.82, 2.24) is 4.57 Å². The number of esters is 1. The third-order valence-electron chi connectivity index (χ3n) is 6.28. The van der Waals surface area contributed by atoms with Crippen LogP contribution in [0.5, 0.6) is 5.75 Å². The van der Waals surface area contributed by atoms with Crippen LogP contribution in [0.15, 0.2) is 83.0 Å². The third-order valence-corrected chi connectivity index (χ3v) is 8.44. The highest BCUT2D eigenvalue weighted by Gasteiger charge is 2.35. The molecule has 0 amide bonds. The maximum absolute atomic E-state index is 13.9. The number of carbonyl (C=O) groups excluding carboxylic acids is 1. The van der Waals surface area contributed by atoms with Crippen LogP contribution in [0.1, 0.15) is 31.2 Å².